The third-order valence-electron chi connectivity index (χ3n) is 3.10. The molecule has 134 valence electrons. The summed E-state index contributed by atoms with van der Waals surface area (Å²) in [4.78, 5) is 14.6. The van der Waals surface area contributed by atoms with Crippen LogP contribution >= 0.6 is 23.1 Å². The molecule has 1 aromatic rings. The number of hydrogen-bond donors (Lipinski definition) is 2. The minimum atomic E-state index is -0.477. The van der Waals surface area contributed by atoms with Gasteiger partial charge in [-0.1, -0.05) is 6.58 Å². The van der Waals surface area contributed by atoms with Gasteiger partial charge in [0.25, 0.3) is 6.20 Å². The lowest BCUT2D eigenvalue weighted by atomic mass is 10.4. The number of quaternary nitrogens is 1. The van der Waals surface area contributed by atoms with E-state index in [0.717, 1.165) is 46.0 Å². The molecule has 0 saturated carbocycles. The quantitative estimate of drug-likeness (QED) is 0.192. The van der Waals surface area contributed by atoms with Gasteiger partial charge in [-0.25, -0.2) is 4.98 Å². The lowest BCUT2D eigenvalue weighted by Gasteiger charge is -2.27. The molecule has 0 amide bonds. The molecule has 0 aliphatic carbocycles. The van der Waals surface area contributed by atoms with Crippen LogP contribution in [0.15, 0.2) is 30.1 Å². The van der Waals surface area contributed by atoms with Crippen LogP contribution < -0.4 is 10.6 Å². The predicted molar refractivity (Wildman–Crippen MR) is 101 cm³/mol. The van der Waals surface area contributed by atoms with Gasteiger partial charge in [-0.05, 0) is 6.08 Å². The summed E-state index contributed by atoms with van der Waals surface area (Å²) in [7, 11) is 5.99. The van der Waals surface area contributed by atoms with Gasteiger partial charge in [-0.2, -0.15) is 11.8 Å². The van der Waals surface area contributed by atoms with E-state index >= 15 is 0 Å². The maximum Gasteiger partial charge on any atom is 0.274 e. The third-order valence-corrected chi connectivity index (χ3v) is 4.98. The second-order valence-electron chi connectivity index (χ2n) is 5.86. The molecule has 0 unspecified atom stereocenters. The van der Waals surface area contributed by atoms with Crippen LogP contribution in [0.5, 0.6) is 0 Å². The van der Waals surface area contributed by atoms with E-state index in [1.165, 1.54) is 0 Å². The fourth-order valence-electron chi connectivity index (χ4n) is 2.01. The fraction of sp³-hybridized carbons (Fsp3) is 0.533. The average Bonchev–Trinajstić information content (AvgIpc) is 2.91. The molecule has 0 aromatic carbocycles. The molecule has 24 heavy (non-hydrogen) atoms. The maximum atomic E-state index is 10.4. The molecule has 0 saturated heterocycles. The Kier molecular flexibility index (Phi) is 8.80. The van der Waals surface area contributed by atoms with Crippen molar-refractivity contribution in [3.63, 3.8) is 0 Å². The zero-order chi connectivity index (χ0) is 18.0. The second-order valence-corrected chi connectivity index (χ2v) is 7.90. The topological polar surface area (TPSA) is 80.1 Å². The number of likely N-dealkylation sites (N-methyl/N-ethyl adjacent to an activating group) is 1. The summed E-state index contributed by atoms with van der Waals surface area (Å²) >= 11 is 3.45. The fourth-order valence-corrected chi connectivity index (χ4v) is 3.86. The molecule has 1 rings (SSSR count). The standard InChI is InChI=1S/C15H26N5O2S2/c1-5-7-20(3,4)10-15-18-13(12-24-15)11-23-8-6-17-14(16-2)9-19(21)22/h5,9,12,16-17H,1,6-8,10-11H2,2-4H3/q+1/b14-9+. The van der Waals surface area contributed by atoms with Crippen LogP contribution in [0, 0.1) is 10.1 Å². The Balaban J connectivity index is 2.32. The molecule has 0 bridgehead atoms. The Morgan fingerprint density at radius 3 is 2.96 bits per heavy atom. The Labute approximate surface area is 151 Å². The first-order valence-corrected chi connectivity index (χ1v) is 9.60. The zero-order valence-corrected chi connectivity index (χ0v) is 16.1. The summed E-state index contributed by atoms with van der Waals surface area (Å²) in [6.07, 6.45) is 2.87. The smallest absolute Gasteiger partial charge is 0.274 e. The number of hydrogen-bond acceptors (Lipinski definition) is 7. The summed E-state index contributed by atoms with van der Waals surface area (Å²) in [6, 6.07) is 0. The van der Waals surface area contributed by atoms with E-state index in [-0.39, 0.29) is 0 Å². The highest BCUT2D eigenvalue weighted by Crippen LogP contribution is 2.18. The zero-order valence-electron chi connectivity index (χ0n) is 14.4. The third kappa shape index (κ3) is 8.32. The SMILES string of the molecule is C=CC[N+](C)(C)Cc1nc(CSCCN/C(=C/[N+](=O)[O-])NC)cs1. The normalized spacial score (nSPS) is 12.0. The highest BCUT2D eigenvalue weighted by atomic mass is 32.2. The van der Waals surface area contributed by atoms with Gasteiger partial charge in [0.05, 0.1) is 31.3 Å². The van der Waals surface area contributed by atoms with Gasteiger partial charge in [0.2, 0.25) is 0 Å². The Morgan fingerprint density at radius 2 is 2.33 bits per heavy atom. The van der Waals surface area contributed by atoms with Crippen molar-refractivity contribution in [2.45, 2.75) is 12.3 Å². The Morgan fingerprint density at radius 1 is 1.58 bits per heavy atom. The van der Waals surface area contributed by atoms with Crippen LogP contribution in [0.3, 0.4) is 0 Å². The van der Waals surface area contributed by atoms with E-state index in [9.17, 15) is 10.1 Å². The van der Waals surface area contributed by atoms with Gasteiger partial charge in [0.15, 0.2) is 5.82 Å². The van der Waals surface area contributed by atoms with E-state index in [1.807, 2.05) is 6.08 Å². The molecule has 0 atom stereocenters. The number of thioether (sulfide) groups is 1. The summed E-state index contributed by atoms with van der Waals surface area (Å²) in [5.41, 5.74) is 1.09. The highest BCUT2D eigenvalue weighted by molar-refractivity contribution is 7.98. The van der Waals surface area contributed by atoms with Crippen molar-refractivity contribution in [1.29, 1.82) is 0 Å². The van der Waals surface area contributed by atoms with E-state index in [0.29, 0.717) is 12.4 Å². The summed E-state index contributed by atoms with van der Waals surface area (Å²) in [5, 5.41) is 19.4. The lowest BCUT2D eigenvalue weighted by Crippen LogP contribution is -2.38. The predicted octanol–water partition coefficient (Wildman–Crippen LogP) is 2.02. The first kappa shape index (κ1) is 20.5. The van der Waals surface area contributed by atoms with Gasteiger partial charge in [0.1, 0.15) is 11.6 Å². The van der Waals surface area contributed by atoms with E-state index in [2.05, 4.69) is 41.7 Å². The van der Waals surface area contributed by atoms with Crippen LogP contribution in [0.1, 0.15) is 10.7 Å². The van der Waals surface area contributed by atoms with Crippen LogP contribution in [-0.2, 0) is 12.3 Å². The van der Waals surface area contributed by atoms with Crippen molar-refractivity contribution in [2.24, 2.45) is 0 Å². The molecule has 9 heteroatoms. The molecule has 7 nitrogen and oxygen atoms in total. The molecule has 0 aliphatic heterocycles. The number of rotatable bonds is 12. The van der Waals surface area contributed by atoms with Gasteiger partial charge in [-0.15, -0.1) is 11.3 Å². The summed E-state index contributed by atoms with van der Waals surface area (Å²) < 4.78 is 0.850. The van der Waals surface area contributed by atoms with Crippen molar-refractivity contribution in [3.05, 3.63) is 50.9 Å². The first-order chi connectivity index (χ1) is 11.4. The monoisotopic (exact) mass is 372 g/mol. The highest BCUT2D eigenvalue weighted by Gasteiger charge is 2.16. The van der Waals surface area contributed by atoms with Gasteiger partial charge < -0.3 is 15.1 Å². The number of nitrogens with zero attached hydrogens (tertiary/aromatic N) is 3. The van der Waals surface area contributed by atoms with E-state index in [4.69, 9.17) is 0 Å². The van der Waals surface area contributed by atoms with Crippen LogP contribution in [-0.4, -0.2) is 54.4 Å². The van der Waals surface area contributed by atoms with Crippen LogP contribution in [0.2, 0.25) is 0 Å². The number of nitrogens with one attached hydrogen (secondary N) is 2. The minimum Gasteiger partial charge on any atom is -0.370 e. The Hall–Kier alpha value is -1.58. The molecule has 2 N–H and O–H groups in total. The molecule has 0 fully saturated rings. The van der Waals surface area contributed by atoms with Crippen molar-refractivity contribution in [2.75, 3.05) is 40.0 Å². The van der Waals surface area contributed by atoms with Crippen molar-refractivity contribution in [3.8, 4) is 0 Å². The number of aromatic nitrogens is 1. The molecule has 1 aromatic heterocycles. The second kappa shape index (κ2) is 10.3. The summed E-state index contributed by atoms with van der Waals surface area (Å²) in [6.45, 7) is 6.28. The van der Waals surface area contributed by atoms with Crippen molar-refractivity contribution < 1.29 is 9.41 Å². The molecule has 0 spiro atoms. The average molecular weight is 373 g/mol. The minimum absolute atomic E-state index is 0.416. The number of thiazole rings is 1. The maximum absolute atomic E-state index is 10.4. The molecule has 0 aliphatic rings. The van der Waals surface area contributed by atoms with Crippen molar-refractivity contribution >= 4 is 23.1 Å². The molecule has 0 radical (unpaired) electrons. The van der Waals surface area contributed by atoms with Gasteiger partial charge in [-0.3, -0.25) is 10.1 Å². The van der Waals surface area contributed by atoms with Gasteiger partial charge >= 0.3 is 0 Å². The van der Waals surface area contributed by atoms with E-state index < -0.39 is 4.92 Å². The molecular formula is C15H26N5O2S2+. The first-order valence-electron chi connectivity index (χ1n) is 7.57. The largest absolute Gasteiger partial charge is 0.370 e. The van der Waals surface area contributed by atoms with Crippen molar-refractivity contribution in [1.82, 2.24) is 15.6 Å². The molecular weight excluding hydrogens is 346 g/mol. The van der Waals surface area contributed by atoms with Gasteiger partial charge in [0, 0.05) is 30.5 Å². The van der Waals surface area contributed by atoms with E-state index in [1.54, 1.807) is 30.1 Å². The summed E-state index contributed by atoms with van der Waals surface area (Å²) in [5.74, 6) is 2.11. The molecule has 1 heterocycles. The Bertz CT molecular complexity index is 572. The van der Waals surface area contributed by atoms with Crippen LogP contribution in [0.4, 0.5) is 0 Å². The number of nitro groups is 1. The van der Waals surface area contributed by atoms with Crippen LogP contribution in [0.25, 0.3) is 0 Å². The lowest BCUT2D eigenvalue weighted by molar-refractivity contribution is -0.897.